The van der Waals surface area contributed by atoms with Crippen molar-refractivity contribution < 1.29 is 28.5 Å². The Morgan fingerprint density at radius 3 is 2.19 bits per heavy atom. The summed E-state index contributed by atoms with van der Waals surface area (Å²) < 4.78 is 20.5. The predicted octanol–water partition coefficient (Wildman–Crippen LogP) is 2.76. The smallest absolute Gasteiger partial charge is 0.497 e. The summed E-state index contributed by atoms with van der Waals surface area (Å²) in [5.74, 6) is 1.61. The van der Waals surface area contributed by atoms with Gasteiger partial charge >= 0.3 is 6.16 Å². The summed E-state index contributed by atoms with van der Waals surface area (Å²) in [5, 5.41) is 2.53. The molecule has 0 spiro atoms. The normalized spacial score (nSPS) is 11.6. The molecule has 0 saturated heterocycles. The molecule has 166 valence electrons. The van der Waals surface area contributed by atoms with Crippen LogP contribution in [0, 0.1) is 0 Å². The van der Waals surface area contributed by atoms with Crippen LogP contribution in [0.15, 0.2) is 42.5 Å². The molecule has 0 aliphatic carbocycles. The maximum Gasteiger partial charge on any atom is 0.513 e. The van der Waals surface area contributed by atoms with Gasteiger partial charge in [0.05, 0.1) is 26.8 Å². The van der Waals surface area contributed by atoms with E-state index in [4.69, 9.17) is 24.7 Å². The summed E-state index contributed by atoms with van der Waals surface area (Å²) in [7, 11) is 3.20. The quantitative estimate of drug-likeness (QED) is 0.169. The van der Waals surface area contributed by atoms with E-state index in [-0.39, 0.29) is 24.8 Å². The van der Waals surface area contributed by atoms with E-state index < -0.39 is 12.2 Å². The Labute approximate surface area is 186 Å². The van der Waals surface area contributed by atoms with Crippen molar-refractivity contribution in [3.05, 3.63) is 53.6 Å². The van der Waals surface area contributed by atoms with Crippen LogP contribution in [0.2, 0.25) is 0 Å². The highest BCUT2D eigenvalue weighted by molar-refractivity contribution is 7.80. The minimum Gasteiger partial charge on any atom is -0.497 e. The van der Waals surface area contributed by atoms with Gasteiger partial charge in [-0.25, -0.2) is 4.79 Å². The number of hydrogen-bond acceptors (Lipinski definition) is 8. The van der Waals surface area contributed by atoms with Crippen LogP contribution < -0.4 is 25.3 Å². The van der Waals surface area contributed by atoms with E-state index in [9.17, 15) is 9.59 Å². The van der Waals surface area contributed by atoms with Gasteiger partial charge in [0.25, 0.3) is 0 Å². The number of rotatable bonds is 10. The number of nitrogens with two attached hydrogens (primary N) is 1. The van der Waals surface area contributed by atoms with Crippen LogP contribution in [-0.4, -0.2) is 51.2 Å². The van der Waals surface area contributed by atoms with Gasteiger partial charge in [0, 0.05) is 11.8 Å². The van der Waals surface area contributed by atoms with Gasteiger partial charge in [-0.1, -0.05) is 24.3 Å². The molecule has 31 heavy (non-hydrogen) atoms. The van der Waals surface area contributed by atoms with E-state index in [0.717, 1.165) is 11.1 Å². The summed E-state index contributed by atoms with van der Waals surface area (Å²) in [6, 6.07) is 11.8. The van der Waals surface area contributed by atoms with Crippen molar-refractivity contribution in [2.45, 2.75) is 6.04 Å². The fourth-order valence-corrected chi connectivity index (χ4v) is 2.58. The summed E-state index contributed by atoms with van der Waals surface area (Å²) in [5.41, 5.74) is 7.34. The van der Waals surface area contributed by atoms with Gasteiger partial charge < -0.3 is 30.0 Å². The molecule has 0 aliphatic rings. The molecule has 2 rings (SSSR count). The van der Waals surface area contributed by atoms with Gasteiger partial charge in [-0.3, -0.25) is 4.79 Å². The minimum absolute atomic E-state index is 0.0330. The Bertz CT molecular complexity index is 879. The average Bonchev–Trinajstić information content (AvgIpc) is 2.80. The largest absolute Gasteiger partial charge is 0.513 e. The zero-order valence-electron chi connectivity index (χ0n) is 17.4. The lowest BCUT2D eigenvalue weighted by Gasteiger charge is -2.10. The van der Waals surface area contributed by atoms with E-state index in [0.29, 0.717) is 17.2 Å². The molecule has 0 aliphatic heterocycles. The molecule has 0 aromatic heterocycles. The van der Waals surface area contributed by atoms with Crippen LogP contribution in [0.5, 0.6) is 17.2 Å². The summed E-state index contributed by atoms with van der Waals surface area (Å²) in [6.45, 7) is 0.100. The second kappa shape index (κ2) is 12.5. The molecule has 1 unspecified atom stereocenters. The Balaban J connectivity index is 1.83. The Morgan fingerprint density at radius 1 is 1.00 bits per heavy atom. The maximum absolute atomic E-state index is 11.7. The van der Waals surface area contributed by atoms with Crippen molar-refractivity contribution in [1.29, 1.82) is 0 Å². The van der Waals surface area contributed by atoms with Crippen LogP contribution in [0.3, 0.4) is 0 Å². The zero-order valence-corrected chi connectivity index (χ0v) is 18.3. The van der Waals surface area contributed by atoms with Crippen molar-refractivity contribution in [3.63, 3.8) is 0 Å². The fraction of sp³-hybridized carbons (Fsp3) is 0.273. The molecule has 8 nitrogen and oxygen atoms in total. The van der Waals surface area contributed by atoms with Crippen LogP contribution in [-0.2, 0) is 9.53 Å². The maximum atomic E-state index is 11.7. The second-order valence-electron chi connectivity index (χ2n) is 6.33. The number of nitrogens with one attached hydrogen (secondary N) is 1. The molecule has 1 atom stereocenters. The monoisotopic (exact) mass is 446 g/mol. The van der Waals surface area contributed by atoms with Crippen LogP contribution in [0.4, 0.5) is 4.79 Å². The number of ether oxygens (including phenoxy) is 4. The lowest BCUT2D eigenvalue weighted by atomic mass is 10.1. The number of thiol groups is 1. The first-order valence-electron chi connectivity index (χ1n) is 9.45. The van der Waals surface area contributed by atoms with Crippen LogP contribution in [0.25, 0.3) is 12.2 Å². The van der Waals surface area contributed by atoms with E-state index in [1.54, 1.807) is 44.6 Å². The zero-order chi connectivity index (χ0) is 22.6. The van der Waals surface area contributed by atoms with Gasteiger partial charge in [0.15, 0.2) is 0 Å². The number of carbonyl (C=O) groups excluding carboxylic acids is 2. The average molecular weight is 447 g/mol. The number of methoxy groups -OCH3 is 2. The summed E-state index contributed by atoms with van der Waals surface area (Å²) in [6.07, 6.45) is 2.97. The molecule has 1 amide bonds. The Hall–Kier alpha value is -3.17. The molecule has 2 aromatic carbocycles. The lowest BCUT2D eigenvalue weighted by molar-refractivity contribution is -0.122. The Kier molecular flexibility index (Phi) is 9.73. The lowest BCUT2D eigenvalue weighted by Crippen LogP contribution is -2.43. The number of hydrogen-bond donors (Lipinski definition) is 3. The van der Waals surface area contributed by atoms with Gasteiger partial charge in [0.1, 0.15) is 23.9 Å². The van der Waals surface area contributed by atoms with Crippen molar-refractivity contribution >= 4 is 36.8 Å². The molecule has 0 saturated carbocycles. The van der Waals surface area contributed by atoms with E-state index in [1.165, 1.54) is 0 Å². The molecule has 3 N–H and O–H groups in total. The first-order chi connectivity index (χ1) is 14.9. The standard InChI is InChI=1S/C22H26N2O6S/c1-27-18-11-16(12-19(13-18)28-2)4-3-15-5-7-17(8-6-15)30-22(26)29-10-9-24-21(25)20(23)14-31/h3-8,11-13,20,31H,9-10,14,23H2,1-2H3,(H,24,25). The van der Waals surface area contributed by atoms with Gasteiger partial charge in [-0.15, -0.1) is 0 Å². The SMILES string of the molecule is COc1cc(C=Cc2ccc(OC(=O)OCCNC(=O)C(N)CS)cc2)cc(OC)c1. The first-order valence-corrected chi connectivity index (χ1v) is 10.1. The molecule has 0 radical (unpaired) electrons. The highest BCUT2D eigenvalue weighted by Gasteiger charge is 2.11. The van der Waals surface area contributed by atoms with Gasteiger partial charge in [-0.05, 0) is 35.4 Å². The van der Waals surface area contributed by atoms with E-state index in [2.05, 4.69) is 17.9 Å². The van der Waals surface area contributed by atoms with Crippen molar-refractivity contribution in [2.24, 2.45) is 5.73 Å². The second-order valence-corrected chi connectivity index (χ2v) is 6.69. The molecule has 2 aromatic rings. The predicted molar refractivity (Wildman–Crippen MR) is 122 cm³/mol. The fourth-order valence-electron chi connectivity index (χ4n) is 2.41. The molecule has 0 fully saturated rings. The highest BCUT2D eigenvalue weighted by atomic mass is 32.1. The molecular formula is C22H26N2O6S. The van der Waals surface area contributed by atoms with Crippen molar-refractivity contribution in [3.8, 4) is 17.2 Å². The van der Waals surface area contributed by atoms with Crippen LogP contribution in [0.1, 0.15) is 11.1 Å². The van der Waals surface area contributed by atoms with Crippen molar-refractivity contribution in [2.75, 3.05) is 33.1 Å². The molecular weight excluding hydrogens is 420 g/mol. The topological polar surface area (TPSA) is 109 Å². The number of amides is 1. The first kappa shape index (κ1) is 24.1. The van der Waals surface area contributed by atoms with E-state index >= 15 is 0 Å². The molecule has 0 bridgehead atoms. The third-order valence-electron chi connectivity index (χ3n) is 4.08. The third kappa shape index (κ3) is 8.23. The van der Waals surface area contributed by atoms with Crippen molar-refractivity contribution in [1.82, 2.24) is 5.32 Å². The Morgan fingerprint density at radius 2 is 1.61 bits per heavy atom. The third-order valence-corrected chi connectivity index (χ3v) is 4.47. The van der Waals surface area contributed by atoms with Crippen LogP contribution >= 0.6 is 12.6 Å². The number of benzene rings is 2. The number of carbonyl (C=O) groups is 2. The summed E-state index contributed by atoms with van der Waals surface area (Å²) in [4.78, 5) is 23.2. The molecule has 9 heteroatoms. The minimum atomic E-state index is -0.862. The van der Waals surface area contributed by atoms with E-state index in [1.807, 2.05) is 24.3 Å². The molecule has 0 heterocycles. The van der Waals surface area contributed by atoms with Gasteiger partial charge in [0.2, 0.25) is 5.91 Å². The highest BCUT2D eigenvalue weighted by Crippen LogP contribution is 2.24. The summed E-state index contributed by atoms with van der Waals surface area (Å²) >= 11 is 3.94. The van der Waals surface area contributed by atoms with Gasteiger partial charge in [-0.2, -0.15) is 12.6 Å².